The minimum Gasteiger partial charge on any atom is -0.480 e. The Kier molecular flexibility index (Phi) is 5.79. The van der Waals surface area contributed by atoms with Crippen molar-refractivity contribution in [3.63, 3.8) is 0 Å². The highest BCUT2D eigenvalue weighted by Gasteiger charge is 2.35. The van der Waals surface area contributed by atoms with Gasteiger partial charge >= 0.3 is 0 Å². The van der Waals surface area contributed by atoms with E-state index in [0.717, 1.165) is 63.5 Å². The molecule has 1 amide bonds. The van der Waals surface area contributed by atoms with Gasteiger partial charge in [0.2, 0.25) is 0 Å². The zero-order chi connectivity index (χ0) is 23.8. The van der Waals surface area contributed by atoms with Gasteiger partial charge in [0, 0.05) is 28.6 Å². The van der Waals surface area contributed by atoms with E-state index >= 15 is 0 Å². The number of H-pyrrole nitrogens is 1. The van der Waals surface area contributed by atoms with E-state index in [4.69, 9.17) is 9.15 Å². The molecule has 6 nitrogen and oxygen atoms in total. The first kappa shape index (κ1) is 22.1. The molecule has 2 aromatic heterocycles. The van der Waals surface area contributed by atoms with Crippen LogP contribution >= 0.6 is 0 Å². The number of benzene rings is 2. The summed E-state index contributed by atoms with van der Waals surface area (Å²) < 4.78 is 12.1. The summed E-state index contributed by atoms with van der Waals surface area (Å²) in [5.41, 5.74) is 6.03. The van der Waals surface area contributed by atoms with Gasteiger partial charge in [-0.25, -0.2) is 0 Å². The fourth-order valence-electron chi connectivity index (χ4n) is 5.00. The number of nitriles is 1. The highest BCUT2D eigenvalue weighted by molar-refractivity contribution is 5.90. The van der Waals surface area contributed by atoms with Gasteiger partial charge in [0.1, 0.15) is 17.4 Å². The third-order valence-corrected chi connectivity index (χ3v) is 6.75. The van der Waals surface area contributed by atoms with E-state index in [1.165, 1.54) is 0 Å². The number of aromatic amines is 1. The Hall–Kier alpha value is -3.72. The molecule has 0 aliphatic carbocycles. The van der Waals surface area contributed by atoms with Crippen LogP contribution in [0, 0.1) is 18.3 Å². The minimum absolute atomic E-state index is 0.191. The number of aromatic nitrogens is 1. The number of rotatable bonds is 6. The average Bonchev–Trinajstić information content (AvgIpc) is 3.41. The zero-order valence-corrected chi connectivity index (χ0v) is 19.9. The van der Waals surface area contributed by atoms with Crippen molar-refractivity contribution < 1.29 is 13.9 Å². The SMILES string of the molecule is CCCCc1coc2cc(C)cc(O[C@H](C)C(=O)N3Cc4[nH]c5ccccc5c4C[C@H]3C#N)c12. The van der Waals surface area contributed by atoms with E-state index in [-0.39, 0.29) is 5.91 Å². The Morgan fingerprint density at radius 3 is 2.97 bits per heavy atom. The van der Waals surface area contributed by atoms with Crippen molar-refractivity contribution in [1.29, 1.82) is 5.26 Å². The fourth-order valence-corrected chi connectivity index (χ4v) is 5.00. The van der Waals surface area contributed by atoms with Gasteiger partial charge in [-0.2, -0.15) is 5.26 Å². The molecule has 34 heavy (non-hydrogen) atoms. The molecule has 0 fully saturated rings. The van der Waals surface area contributed by atoms with Gasteiger partial charge in [0.25, 0.3) is 5.91 Å². The summed E-state index contributed by atoms with van der Waals surface area (Å²) in [5.74, 6) is 0.469. The van der Waals surface area contributed by atoms with Gasteiger partial charge in [-0.15, -0.1) is 0 Å². The Labute approximate surface area is 199 Å². The zero-order valence-electron chi connectivity index (χ0n) is 19.9. The van der Waals surface area contributed by atoms with Crippen LogP contribution < -0.4 is 4.74 Å². The second kappa shape index (κ2) is 8.90. The summed E-state index contributed by atoms with van der Waals surface area (Å²) in [5, 5.41) is 11.9. The van der Waals surface area contributed by atoms with E-state index in [2.05, 4.69) is 24.0 Å². The number of para-hydroxylation sites is 1. The van der Waals surface area contributed by atoms with Crippen LogP contribution in [0.5, 0.6) is 5.75 Å². The predicted molar refractivity (Wildman–Crippen MR) is 132 cm³/mol. The van der Waals surface area contributed by atoms with E-state index in [9.17, 15) is 10.1 Å². The van der Waals surface area contributed by atoms with Crippen LogP contribution in [0.2, 0.25) is 0 Å². The summed E-state index contributed by atoms with van der Waals surface area (Å²) in [6, 6.07) is 13.8. The van der Waals surface area contributed by atoms with Crippen LogP contribution in [0.25, 0.3) is 21.9 Å². The molecule has 0 radical (unpaired) electrons. The number of carbonyl (C=O) groups excluding carboxylic acids is 1. The van der Waals surface area contributed by atoms with Gasteiger partial charge in [-0.3, -0.25) is 4.79 Å². The maximum Gasteiger partial charge on any atom is 0.264 e. The number of hydrogen-bond acceptors (Lipinski definition) is 4. The third-order valence-electron chi connectivity index (χ3n) is 6.75. The monoisotopic (exact) mass is 455 g/mol. The lowest BCUT2D eigenvalue weighted by Crippen LogP contribution is -2.48. The number of furan rings is 1. The molecule has 2 aromatic carbocycles. The van der Waals surface area contributed by atoms with Crippen molar-refractivity contribution in [3.8, 4) is 11.8 Å². The number of nitrogens with one attached hydrogen (secondary N) is 1. The molecule has 0 unspecified atom stereocenters. The Morgan fingerprint density at radius 1 is 1.35 bits per heavy atom. The first-order valence-corrected chi connectivity index (χ1v) is 12.0. The fraction of sp³-hybridized carbons (Fsp3) is 0.357. The predicted octanol–water partition coefficient (Wildman–Crippen LogP) is 5.81. The summed E-state index contributed by atoms with van der Waals surface area (Å²) in [6.45, 7) is 6.27. The van der Waals surface area contributed by atoms with Crippen LogP contribution in [-0.4, -0.2) is 27.9 Å². The molecule has 0 spiro atoms. The number of carbonyl (C=O) groups is 1. The lowest BCUT2D eigenvalue weighted by Gasteiger charge is -2.33. The molecular formula is C28H29N3O3. The second-order valence-electron chi connectivity index (χ2n) is 9.20. The molecule has 2 atom stereocenters. The number of unbranched alkanes of at least 4 members (excludes halogenated alkanes) is 1. The smallest absolute Gasteiger partial charge is 0.264 e. The number of amides is 1. The molecule has 3 heterocycles. The van der Waals surface area contributed by atoms with Crippen LogP contribution in [0.3, 0.4) is 0 Å². The van der Waals surface area contributed by atoms with Gasteiger partial charge in [-0.1, -0.05) is 31.5 Å². The van der Waals surface area contributed by atoms with Gasteiger partial charge in [0.15, 0.2) is 6.10 Å². The molecule has 1 N–H and O–H groups in total. The first-order valence-electron chi connectivity index (χ1n) is 12.0. The highest BCUT2D eigenvalue weighted by Crippen LogP contribution is 2.35. The lowest BCUT2D eigenvalue weighted by atomic mass is 9.97. The van der Waals surface area contributed by atoms with Crippen molar-refractivity contribution in [2.24, 2.45) is 0 Å². The molecule has 174 valence electrons. The standard InChI is InChI=1S/C28H29N3O3/c1-4-5-8-19-16-33-25-11-17(2)12-26(27(19)25)34-18(3)28(32)31-15-24-22(13-20(31)14-29)21-9-6-7-10-23(21)30-24/h6-7,9-12,16,18,20,30H,4-5,8,13,15H2,1-3H3/t18-,20+/m1/s1. The normalized spacial score (nSPS) is 16.4. The number of aryl methyl sites for hydroxylation is 2. The van der Waals surface area contributed by atoms with Crippen molar-refractivity contribution in [3.05, 3.63) is 65.0 Å². The van der Waals surface area contributed by atoms with Crippen LogP contribution in [0.15, 0.2) is 47.1 Å². The van der Waals surface area contributed by atoms with E-state index in [1.807, 2.05) is 37.3 Å². The molecule has 1 aliphatic rings. The molecule has 0 saturated carbocycles. The maximum absolute atomic E-state index is 13.5. The quantitative estimate of drug-likeness (QED) is 0.398. The molecular weight excluding hydrogens is 426 g/mol. The lowest BCUT2D eigenvalue weighted by molar-refractivity contribution is -0.140. The number of ether oxygens (including phenoxy) is 1. The first-order chi connectivity index (χ1) is 16.5. The van der Waals surface area contributed by atoms with E-state index in [0.29, 0.717) is 18.7 Å². The summed E-state index contributed by atoms with van der Waals surface area (Å²) in [7, 11) is 0. The van der Waals surface area contributed by atoms with Crippen LogP contribution in [-0.2, 0) is 24.2 Å². The average molecular weight is 456 g/mol. The Bertz CT molecular complexity index is 1410. The van der Waals surface area contributed by atoms with Crippen molar-refractivity contribution in [2.45, 2.75) is 65.1 Å². The van der Waals surface area contributed by atoms with Crippen molar-refractivity contribution in [1.82, 2.24) is 9.88 Å². The Balaban J connectivity index is 1.42. The number of nitrogens with zero attached hydrogens (tertiary/aromatic N) is 2. The largest absolute Gasteiger partial charge is 0.480 e. The van der Waals surface area contributed by atoms with E-state index < -0.39 is 12.1 Å². The maximum atomic E-state index is 13.5. The molecule has 0 bridgehead atoms. The van der Waals surface area contributed by atoms with Gasteiger partial charge < -0.3 is 19.0 Å². The van der Waals surface area contributed by atoms with Gasteiger partial charge in [0.05, 0.1) is 24.3 Å². The second-order valence-corrected chi connectivity index (χ2v) is 9.20. The van der Waals surface area contributed by atoms with Gasteiger partial charge in [-0.05, 0) is 56.0 Å². The number of hydrogen-bond donors (Lipinski definition) is 1. The minimum atomic E-state index is -0.735. The summed E-state index contributed by atoms with van der Waals surface area (Å²) in [4.78, 5) is 18.6. The van der Waals surface area contributed by atoms with Crippen LogP contribution in [0.1, 0.15) is 49.1 Å². The molecule has 0 saturated heterocycles. The summed E-state index contributed by atoms with van der Waals surface area (Å²) >= 11 is 0. The topological polar surface area (TPSA) is 82.3 Å². The third kappa shape index (κ3) is 3.81. The molecule has 4 aromatic rings. The Morgan fingerprint density at radius 2 is 2.18 bits per heavy atom. The van der Waals surface area contributed by atoms with Crippen LogP contribution in [0.4, 0.5) is 0 Å². The van der Waals surface area contributed by atoms with E-state index in [1.54, 1.807) is 18.1 Å². The van der Waals surface area contributed by atoms with Crippen molar-refractivity contribution >= 4 is 27.8 Å². The summed E-state index contributed by atoms with van der Waals surface area (Å²) in [6.07, 6.45) is 4.61. The van der Waals surface area contributed by atoms with Crippen molar-refractivity contribution in [2.75, 3.05) is 0 Å². The molecule has 5 rings (SSSR count). The highest BCUT2D eigenvalue weighted by atomic mass is 16.5. The molecule has 6 heteroatoms. The molecule has 1 aliphatic heterocycles. The number of fused-ring (bicyclic) bond motifs is 4.